The number of nitrogens with zero attached hydrogens (tertiary/aromatic N) is 2. The molecule has 0 spiro atoms. The summed E-state index contributed by atoms with van der Waals surface area (Å²) in [5.74, 6) is -0.852. The molecule has 2 heterocycles. The van der Waals surface area contributed by atoms with Gasteiger partial charge in [-0.1, -0.05) is 13.0 Å². The number of aliphatic carboxylic acids is 1. The highest BCUT2D eigenvalue weighted by molar-refractivity contribution is 5.94. The van der Waals surface area contributed by atoms with Crippen LogP contribution < -0.4 is 0 Å². The fourth-order valence-corrected chi connectivity index (χ4v) is 2.38. The number of rotatable bonds is 3. The number of carbonyl (C=O) groups excluding carboxylic acids is 1. The van der Waals surface area contributed by atoms with Crippen molar-refractivity contribution in [3.63, 3.8) is 0 Å². The molecule has 1 aromatic rings. The van der Waals surface area contributed by atoms with E-state index >= 15 is 0 Å². The Hall–Kier alpha value is -2.17. The zero-order chi connectivity index (χ0) is 14.5. The van der Waals surface area contributed by atoms with Gasteiger partial charge in [0, 0.05) is 25.0 Å². The molecule has 106 valence electrons. The molecular formula is C15H18N2O3. The minimum absolute atomic E-state index is 0.256. The van der Waals surface area contributed by atoms with Crippen LogP contribution in [0.5, 0.6) is 0 Å². The van der Waals surface area contributed by atoms with E-state index in [1.165, 1.54) is 11.0 Å². The van der Waals surface area contributed by atoms with Crippen LogP contribution in [0.3, 0.4) is 0 Å². The van der Waals surface area contributed by atoms with Gasteiger partial charge in [-0.15, -0.1) is 0 Å². The number of carboxylic acids is 1. The van der Waals surface area contributed by atoms with Crippen molar-refractivity contribution in [3.05, 3.63) is 36.2 Å². The summed E-state index contributed by atoms with van der Waals surface area (Å²) < 4.78 is 0. The highest BCUT2D eigenvalue weighted by Crippen LogP contribution is 2.23. The summed E-state index contributed by atoms with van der Waals surface area (Å²) in [5.41, 5.74) is 0.818. The molecule has 0 aliphatic carbocycles. The Kier molecular flexibility index (Phi) is 4.50. The fraction of sp³-hybridized carbons (Fsp3) is 0.400. The van der Waals surface area contributed by atoms with E-state index in [1.807, 2.05) is 13.0 Å². The zero-order valence-corrected chi connectivity index (χ0v) is 11.4. The van der Waals surface area contributed by atoms with Gasteiger partial charge in [-0.3, -0.25) is 9.78 Å². The summed E-state index contributed by atoms with van der Waals surface area (Å²) in [7, 11) is 0. The summed E-state index contributed by atoms with van der Waals surface area (Å²) in [6.45, 7) is 2.51. The highest BCUT2D eigenvalue weighted by atomic mass is 16.4. The monoisotopic (exact) mass is 274 g/mol. The molecule has 1 aliphatic rings. The lowest BCUT2D eigenvalue weighted by atomic mass is 9.92. The predicted octanol–water partition coefficient (Wildman–Crippen LogP) is 1.81. The zero-order valence-electron chi connectivity index (χ0n) is 11.4. The first-order valence-electron chi connectivity index (χ1n) is 6.69. The smallest absolute Gasteiger partial charge is 0.326 e. The van der Waals surface area contributed by atoms with Gasteiger partial charge in [0.25, 0.3) is 0 Å². The summed E-state index contributed by atoms with van der Waals surface area (Å²) in [5, 5.41) is 9.23. The molecule has 1 fully saturated rings. The first-order valence-corrected chi connectivity index (χ1v) is 6.69. The third kappa shape index (κ3) is 3.44. The van der Waals surface area contributed by atoms with Crippen LogP contribution in [0, 0.1) is 5.92 Å². The summed E-state index contributed by atoms with van der Waals surface area (Å²) in [6, 6.07) is 2.90. The van der Waals surface area contributed by atoms with Gasteiger partial charge < -0.3 is 10.0 Å². The number of amides is 1. The van der Waals surface area contributed by atoms with Crippen molar-refractivity contribution in [2.24, 2.45) is 5.92 Å². The molecule has 1 saturated heterocycles. The standard InChI is InChI=1S/C15H18N2O3/c1-11-6-8-17(13(9-11)15(19)20)14(18)5-4-12-3-2-7-16-10-12/h2-5,7,10-11,13H,6,8-9H2,1H3,(H,19,20)/b5-4+. The number of likely N-dealkylation sites (tertiary alicyclic amines) is 1. The Morgan fingerprint density at radius 3 is 2.95 bits per heavy atom. The van der Waals surface area contributed by atoms with Crippen LogP contribution in [0.25, 0.3) is 6.08 Å². The molecule has 5 nitrogen and oxygen atoms in total. The van der Waals surface area contributed by atoms with Crippen LogP contribution in [0.15, 0.2) is 30.6 Å². The lowest BCUT2D eigenvalue weighted by molar-refractivity contribution is -0.151. The Labute approximate surface area is 117 Å². The normalized spacial score (nSPS) is 22.9. The second kappa shape index (κ2) is 6.32. The Morgan fingerprint density at radius 2 is 2.30 bits per heavy atom. The molecule has 0 saturated carbocycles. The van der Waals surface area contributed by atoms with E-state index in [4.69, 9.17) is 0 Å². The van der Waals surface area contributed by atoms with E-state index in [0.29, 0.717) is 18.9 Å². The average Bonchev–Trinajstić information content (AvgIpc) is 2.45. The summed E-state index contributed by atoms with van der Waals surface area (Å²) in [6.07, 6.45) is 7.75. The van der Waals surface area contributed by atoms with Crippen LogP contribution in [0.4, 0.5) is 0 Å². The van der Waals surface area contributed by atoms with Crippen LogP contribution in [-0.2, 0) is 9.59 Å². The molecule has 1 N–H and O–H groups in total. The van der Waals surface area contributed by atoms with Crippen molar-refractivity contribution in [2.45, 2.75) is 25.8 Å². The van der Waals surface area contributed by atoms with Crippen molar-refractivity contribution in [3.8, 4) is 0 Å². The second-order valence-electron chi connectivity index (χ2n) is 5.13. The van der Waals surface area contributed by atoms with Gasteiger partial charge in [0.1, 0.15) is 6.04 Å². The molecule has 0 aromatic carbocycles. The van der Waals surface area contributed by atoms with Gasteiger partial charge in [-0.25, -0.2) is 4.79 Å². The van der Waals surface area contributed by atoms with E-state index in [-0.39, 0.29) is 5.91 Å². The van der Waals surface area contributed by atoms with E-state index in [1.54, 1.807) is 24.5 Å². The van der Waals surface area contributed by atoms with Crippen molar-refractivity contribution in [2.75, 3.05) is 6.54 Å². The van der Waals surface area contributed by atoms with Gasteiger partial charge >= 0.3 is 5.97 Å². The van der Waals surface area contributed by atoms with Crippen molar-refractivity contribution >= 4 is 18.0 Å². The molecule has 0 radical (unpaired) electrons. The Morgan fingerprint density at radius 1 is 1.50 bits per heavy atom. The number of hydrogen-bond acceptors (Lipinski definition) is 3. The van der Waals surface area contributed by atoms with E-state index < -0.39 is 12.0 Å². The van der Waals surface area contributed by atoms with Gasteiger partial charge in [0.2, 0.25) is 5.91 Å². The molecule has 20 heavy (non-hydrogen) atoms. The molecule has 0 bridgehead atoms. The predicted molar refractivity (Wildman–Crippen MR) is 74.8 cm³/mol. The molecule has 1 aromatic heterocycles. The maximum absolute atomic E-state index is 12.1. The quantitative estimate of drug-likeness (QED) is 0.853. The lowest BCUT2D eigenvalue weighted by Crippen LogP contribution is -2.49. The van der Waals surface area contributed by atoms with E-state index in [0.717, 1.165) is 12.0 Å². The molecule has 2 unspecified atom stereocenters. The Balaban J connectivity index is 2.07. The largest absolute Gasteiger partial charge is 0.480 e. The minimum Gasteiger partial charge on any atom is -0.480 e. The van der Waals surface area contributed by atoms with Gasteiger partial charge in [-0.2, -0.15) is 0 Å². The molecule has 1 aliphatic heterocycles. The number of piperidine rings is 1. The molecular weight excluding hydrogens is 256 g/mol. The van der Waals surface area contributed by atoms with Gasteiger partial charge in [-0.05, 0) is 36.5 Å². The lowest BCUT2D eigenvalue weighted by Gasteiger charge is -2.35. The van der Waals surface area contributed by atoms with Crippen LogP contribution in [-0.4, -0.2) is 39.5 Å². The number of carboxylic acid groups (broad SMARTS) is 1. The molecule has 1 amide bonds. The second-order valence-corrected chi connectivity index (χ2v) is 5.13. The highest BCUT2D eigenvalue weighted by Gasteiger charge is 2.33. The van der Waals surface area contributed by atoms with E-state index in [9.17, 15) is 14.7 Å². The minimum atomic E-state index is -0.931. The first-order chi connectivity index (χ1) is 9.58. The SMILES string of the molecule is CC1CCN(C(=O)/C=C/c2cccnc2)C(C(=O)O)C1. The molecule has 2 rings (SSSR count). The van der Waals surface area contributed by atoms with Crippen LogP contribution in [0.2, 0.25) is 0 Å². The summed E-state index contributed by atoms with van der Waals surface area (Å²) in [4.78, 5) is 28.8. The molecule has 2 atom stereocenters. The van der Waals surface area contributed by atoms with E-state index in [2.05, 4.69) is 4.98 Å². The third-order valence-corrected chi connectivity index (χ3v) is 3.54. The third-order valence-electron chi connectivity index (χ3n) is 3.54. The maximum atomic E-state index is 12.1. The number of hydrogen-bond donors (Lipinski definition) is 1. The topological polar surface area (TPSA) is 70.5 Å². The Bertz CT molecular complexity index is 513. The number of carbonyl (C=O) groups is 2. The van der Waals surface area contributed by atoms with Gasteiger partial charge in [0.15, 0.2) is 0 Å². The fourth-order valence-electron chi connectivity index (χ4n) is 2.38. The van der Waals surface area contributed by atoms with Crippen LogP contribution in [0.1, 0.15) is 25.3 Å². The first kappa shape index (κ1) is 14.2. The molecule has 5 heteroatoms. The van der Waals surface area contributed by atoms with Gasteiger partial charge in [0.05, 0.1) is 0 Å². The number of pyridine rings is 1. The van der Waals surface area contributed by atoms with Crippen LogP contribution >= 0.6 is 0 Å². The summed E-state index contributed by atoms with van der Waals surface area (Å²) >= 11 is 0. The van der Waals surface area contributed by atoms with Crippen molar-refractivity contribution in [1.29, 1.82) is 0 Å². The van der Waals surface area contributed by atoms with Crippen molar-refractivity contribution < 1.29 is 14.7 Å². The average molecular weight is 274 g/mol. The van der Waals surface area contributed by atoms with Crippen molar-refractivity contribution in [1.82, 2.24) is 9.88 Å². The maximum Gasteiger partial charge on any atom is 0.326 e. The number of aromatic nitrogens is 1.